The summed E-state index contributed by atoms with van der Waals surface area (Å²) < 4.78 is 0. The third-order valence-electron chi connectivity index (χ3n) is 2.78. The van der Waals surface area contributed by atoms with Gasteiger partial charge in [0.2, 0.25) is 0 Å². The second-order valence-corrected chi connectivity index (χ2v) is 3.96. The van der Waals surface area contributed by atoms with Crippen LogP contribution in [0.5, 0.6) is 0 Å². The van der Waals surface area contributed by atoms with Crippen LogP contribution in [0.2, 0.25) is 0 Å². The van der Waals surface area contributed by atoms with Crippen LogP contribution in [0.4, 0.5) is 0 Å². The lowest BCUT2D eigenvalue weighted by Gasteiger charge is -2.32. The summed E-state index contributed by atoms with van der Waals surface area (Å²) in [6, 6.07) is 0. The lowest BCUT2D eigenvalue weighted by atomic mass is 9.78. The van der Waals surface area contributed by atoms with E-state index in [4.69, 9.17) is 5.11 Å². The molecule has 0 bridgehead atoms. The predicted octanol–water partition coefficient (Wildman–Crippen LogP) is 0.655. The van der Waals surface area contributed by atoms with Gasteiger partial charge in [-0.2, -0.15) is 0 Å². The Balaban J connectivity index is 2.73. The molecule has 1 aliphatic rings. The number of rotatable bonds is 2. The first kappa shape index (κ1) is 10.4. The SMILES string of the molecule is CC1=CC[C@H](C(C)(O)CO)CC1=O. The standard InChI is InChI=1S/C10H16O3/c1-7-3-4-8(5-9(7)12)10(2,13)6-11/h3,8,11,13H,4-6H2,1-2H3/t8-,10?/m0/s1. The number of hydrogen-bond donors (Lipinski definition) is 2. The van der Waals surface area contributed by atoms with E-state index < -0.39 is 5.60 Å². The van der Waals surface area contributed by atoms with Crippen LogP contribution < -0.4 is 0 Å². The number of carbonyl (C=O) groups is 1. The van der Waals surface area contributed by atoms with Crippen molar-refractivity contribution in [3.63, 3.8) is 0 Å². The molecular weight excluding hydrogens is 168 g/mol. The Hall–Kier alpha value is -0.670. The van der Waals surface area contributed by atoms with Crippen molar-refractivity contribution < 1.29 is 15.0 Å². The Labute approximate surface area is 78.1 Å². The summed E-state index contributed by atoms with van der Waals surface area (Å²) in [5.41, 5.74) is -0.364. The van der Waals surface area contributed by atoms with Crippen LogP contribution in [0.3, 0.4) is 0 Å². The average Bonchev–Trinajstić information content (AvgIpc) is 2.09. The minimum Gasteiger partial charge on any atom is -0.393 e. The minimum absolute atomic E-state index is 0.0741. The summed E-state index contributed by atoms with van der Waals surface area (Å²) in [5.74, 6) is -0.0707. The largest absolute Gasteiger partial charge is 0.393 e. The number of aliphatic hydroxyl groups excluding tert-OH is 1. The van der Waals surface area contributed by atoms with Crippen LogP contribution in [-0.4, -0.2) is 28.2 Å². The second-order valence-electron chi connectivity index (χ2n) is 3.96. The summed E-state index contributed by atoms with van der Waals surface area (Å²) in [7, 11) is 0. The van der Waals surface area contributed by atoms with E-state index >= 15 is 0 Å². The minimum atomic E-state index is -1.13. The van der Waals surface area contributed by atoms with E-state index in [1.54, 1.807) is 13.8 Å². The Morgan fingerprint density at radius 3 is 2.77 bits per heavy atom. The molecule has 0 aliphatic heterocycles. The first-order valence-electron chi connectivity index (χ1n) is 4.50. The predicted molar refractivity (Wildman–Crippen MR) is 49.2 cm³/mol. The molecule has 2 N–H and O–H groups in total. The van der Waals surface area contributed by atoms with Crippen LogP contribution >= 0.6 is 0 Å². The maximum absolute atomic E-state index is 11.3. The van der Waals surface area contributed by atoms with Gasteiger partial charge in [-0.05, 0) is 25.8 Å². The van der Waals surface area contributed by atoms with Crippen LogP contribution in [0, 0.1) is 5.92 Å². The summed E-state index contributed by atoms with van der Waals surface area (Å²) in [4.78, 5) is 11.3. The molecule has 0 aromatic carbocycles. The van der Waals surface area contributed by atoms with Crippen molar-refractivity contribution in [2.45, 2.75) is 32.3 Å². The third-order valence-corrected chi connectivity index (χ3v) is 2.78. The topological polar surface area (TPSA) is 57.5 Å². The number of allylic oxidation sites excluding steroid dienone is 2. The molecule has 0 amide bonds. The molecule has 0 saturated carbocycles. The van der Waals surface area contributed by atoms with Crippen LogP contribution in [-0.2, 0) is 4.79 Å². The molecule has 0 radical (unpaired) electrons. The summed E-state index contributed by atoms with van der Waals surface area (Å²) in [6.45, 7) is 3.06. The van der Waals surface area contributed by atoms with Crippen molar-refractivity contribution in [1.29, 1.82) is 0 Å². The highest BCUT2D eigenvalue weighted by Gasteiger charge is 2.34. The van der Waals surface area contributed by atoms with Gasteiger partial charge in [-0.15, -0.1) is 0 Å². The van der Waals surface area contributed by atoms with Crippen molar-refractivity contribution in [2.75, 3.05) is 6.61 Å². The molecule has 0 fully saturated rings. The van der Waals surface area contributed by atoms with Gasteiger partial charge in [-0.25, -0.2) is 0 Å². The summed E-state index contributed by atoms with van der Waals surface area (Å²) in [5, 5.41) is 18.6. The highest BCUT2D eigenvalue weighted by molar-refractivity contribution is 5.95. The van der Waals surface area contributed by atoms with Crippen molar-refractivity contribution >= 4 is 5.78 Å². The van der Waals surface area contributed by atoms with Crippen molar-refractivity contribution in [1.82, 2.24) is 0 Å². The molecule has 74 valence electrons. The zero-order chi connectivity index (χ0) is 10.1. The van der Waals surface area contributed by atoms with E-state index in [1.165, 1.54) is 0 Å². The molecule has 3 nitrogen and oxygen atoms in total. The molecule has 1 unspecified atom stereocenters. The summed E-state index contributed by atoms with van der Waals surface area (Å²) >= 11 is 0. The molecule has 13 heavy (non-hydrogen) atoms. The van der Waals surface area contributed by atoms with Crippen LogP contribution in [0.15, 0.2) is 11.6 Å². The molecule has 0 spiro atoms. The Kier molecular flexibility index (Phi) is 2.88. The molecule has 0 saturated heterocycles. The van der Waals surface area contributed by atoms with Gasteiger partial charge in [0.1, 0.15) is 0 Å². The highest BCUT2D eigenvalue weighted by atomic mass is 16.3. The average molecular weight is 184 g/mol. The molecule has 0 heterocycles. The number of ketones is 1. The first-order chi connectivity index (χ1) is 5.97. The molecule has 1 rings (SSSR count). The zero-order valence-corrected chi connectivity index (χ0v) is 8.08. The first-order valence-corrected chi connectivity index (χ1v) is 4.50. The van der Waals surface area contributed by atoms with Crippen LogP contribution in [0.1, 0.15) is 26.7 Å². The van der Waals surface area contributed by atoms with Crippen molar-refractivity contribution in [3.8, 4) is 0 Å². The van der Waals surface area contributed by atoms with Gasteiger partial charge in [-0.1, -0.05) is 6.08 Å². The van der Waals surface area contributed by atoms with E-state index in [0.29, 0.717) is 12.8 Å². The van der Waals surface area contributed by atoms with E-state index in [-0.39, 0.29) is 18.3 Å². The van der Waals surface area contributed by atoms with Gasteiger partial charge >= 0.3 is 0 Å². The van der Waals surface area contributed by atoms with Crippen molar-refractivity contribution in [3.05, 3.63) is 11.6 Å². The summed E-state index contributed by atoms with van der Waals surface area (Å²) in [6.07, 6.45) is 2.85. The maximum Gasteiger partial charge on any atom is 0.158 e. The number of Topliss-reactive ketones (excluding diaryl/α,β-unsaturated/α-hetero) is 1. The van der Waals surface area contributed by atoms with Gasteiger partial charge in [0, 0.05) is 12.3 Å². The highest BCUT2D eigenvalue weighted by Crippen LogP contribution is 2.29. The lowest BCUT2D eigenvalue weighted by Crippen LogP contribution is -2.40. The fraction of sp³-hybridized carbons (Fsp3) is 0.700. The fourth-order valence-corrected chi connectivity index (χ4v) is 1.50. The fourth-order valence-electron chi connectivity index (χ4n) is 1.50. The molecule has 0 aromatic heterocycles. The third kappa shape index (κ3) is 2.17. The second kappa shape index (κ2) is 3.60. The quantitative estimate of drug-likeness (QED) is 0.662. The van der Waals surface area contributed by atoms with E-state index in [0.717, 1.165) is 5.57 Å². The number of hydrogen-bond acceptors (Lipinski definition) is 3. The Morgan fingerprint density at radius 1 is 1.69 bits per heavy atom. The molecular formula is C10H16O3. The van der Waals surface area contributed by atoms with Crippen molar-refractivity contribution in [2.24, 2.45) is 5.92 Å². The number of aliphatic hydroxyl groups is 2. The van der Waals surface area contributed by atoms with Gasteiger partial charge in [0.15, 0.2) is 5.78 Å². The Morgan fingerprint density at radius 2 is 2.31 bits per heavy atom. The van der Waals surface area contributed by atoms with E-state index in [1.807, 2.05) is 6.08 Å². The molecule has 0 aromatic rings. The monoisotopic (exact) mass is 184 g/mol. The number of carbonyl (C=O) groups excluding carboxylic acids is 1. The van der Waals surface area contributed by atoms with Gasteiger partial charge < -0.3 is 10.2 Å². The van der Waals surface area contributed by atoms with Crippen LogP contribution in [0.25, 0.3) is 0 Å². The molecule has 1 aliphatic carbocycles. The van der Waals surface area contributed by atoms with E-state index in [2.05, 4.69) is 0 Å². The lowest BCUT2D eigenvalue weighted by molar-refractivity contribution is -0.121. The maximum atomic E-state index is 11.3. The molecule has 3 heteroatoms. The Bertz CT molecular complexity index is 241. The zero-order valence-electron chi connectivity index (χ0n) is 8.08. The van der Waals surface area contributed by atoms with E-state index in [9.17, 15) is 9.90 Å². The molecule has 2 atom stereocenters. The van der Waals surface area contributed by atoms with Gasteiger partial charge in [0.05, 0.1) is 12.2 Å². The van der Waals surface area contributed by atoms with Gasteiger partial charge in [0.25, 0.3) is 0 Å². The smallest absolute Gasteiger partial charge is 0.158 e. The normalized spacial score (nSPS) is 28.2. The van der Waals surface area contributed by atoms with Gasteiger partial charge in [-0.3, -0.25) is 4.79 Å².